The molecule has 0 aliphatic heterocycles. The molecule has 0 aliphatic carbocycles. The van der Waals surface area contributed by atoms with Crippen molar-refractivity contribution in [2.75, 3.05) is 18.5 Å². The van der Waals surface area contributed by atoms with Crippen LogP contribution in [0.3, 0.4) is 0 Å². The van der Waals surface area contributed by atoms with E-state index in [0.717, 1.165) is 54.8 Å². The fourth-order valence-corrected chi connectivity index (χ4v) is 3.76. The average Bonchev–Trinajstić information content (AvgIpc) is 3.19. The third-order valence-electron chi connectivity index (χ3n) is 5.35. The second-order valence-corrected chi connectivity index (χ2v) is 7.60. The molecule has 2 heterocycles. The summed E-state index contributed by atoms with van der Waals surface area (Å²) in [6.07, 6.45) is 4.40. The van der Waals surface area contributed by atoms with Crippen LogP contribution in [0.5, 0.6) is 0 Å². The molecule has 32 heavy (non-hydrogen) atoms. The van der Waals surface area contributed by atoms with Gasteiger partial charge in [0.1, 0.15) is 5.82 Å². The molecule has 1 N–H and O–H groups in total. The number of rotatable bonds is 10. The van der Waals surface area contributed by atoms with Crippen molar-refractivity contribution in [2.45, 2.75) is 32.7 Å². The lowest BCUT2D eigenvalue weighted by atomic mass is 10.0. The number of anilines is 1. The van der Waals surface area contributed by atoms with E-state index in [9.17, 15) is 4.79 Å². The topological polar surface area (TPSA) is 69.0 Å². The summed E-state index contributed by atoms with van der Waals surface area (Å²) in [4.78, 5) is 16.6. The van der Waals surface area contributed by atoms with E-state index < -0.39 is 0 Å². The fourth-order valence-electron chi connectivity index (χ4n) is 3.76. The molecule has 0 fully saturated rings. The maximum absolute atomic E-state index is 12.3. The van der Waals surface area contributed by atoms with Crippen LogP contribution in [0.2, 0.25) is 0 Å². The summed E-state index contributed by atoms with van der Waals surface area (Å²) >= 11 is 0. The first kappa shape index (κ1) is 21.6. The van der Waals surface area contributed by atoms with Crippen molar-refractivity contribution in [3.05, 3.63) is 89.7 Å². The van der Waals surface area contributed by atoms with Gasteiger partial charge in [-0.1, -0.05) is 36.4 Å². The number of nitrogens with zero attached hydrogens (tertiary/aromatic N) is 3. The highest BCUT2D eigenvalue weighted by Gasteiger charge is 2.14. The third kappa shape index (κ3) is 5.32. The standard InChI is InChI=1S/C26H28N4O2/c1-2-32-26(31)21-13-15-24-22(19-21)23(14-12-20-9-4-3-5-10-20)29-30(24)18-8-17-28-25-11-6-7-16-27-25/h3-7,9-11,13,15-16,19H,2,8,12,14,17-18H2,1H3,(H,27,28). The molecule has 0 atom stereocenters. The lowest BCUT2D eigenvalue weighted by Gasteiger charge is -2.07. The Kier molecular flexibility index (Phi) is 7.12. The van der Waals surface area contributed by atoms with E-state index in [2.05, 4.69) is 34.6 Å². The zero-order valence-electron chi connectivity index (χ0n) is 18.3. The van der Waals surface area contributed by atoms with Gasteiger partial charge >= 0.3 is 5.97 Å². The minimum Gasteiger partial charge on any atom is -0.462 e. The molecule has 0 amide bonds. The number of fused-ring (bicyclic) bond motifs is 1. The number of pyridine rings is 1. The van der Waals surface area contributed by atoms with Gasteiger partial charge in [0.2, 0.25) is 0 Å². The van der Waals surface area contributed by atoms with E-state index in [1.165, 1.54) is 5.56 Å². The molecule has 0 radical (unpaired) electrons. The summed E-state index contributed by atoms with van der Waals surface area (Å²) in [5, 5.41) is 9.28. The van der Waals surface area contributed by atoms with Gasteiger partial charge in [0, 0.05) is 24.7 Å². The molecule has 6 heteroatoms. The SMILES string of the molecule is CCOC(=O)c1ccc2c(c1)c(CCc1ccccc1)nn2CCCNc1ccccn1. The van der Waals surface area contributed by atoms with E-state index in [1.807, 2.05) is 54.1 Å². The van der Waals surface area contributed by atoms with Crippen molar-refractivity contribution in [1.82, 2.24) is 14.8 Å². The first-order valence-electron chi connectivity index (χ1n) is 11.1. The summed E-state index contributed by atoms with van der Waals surface area (Å²) in [6, 6.07) is 22.0. The Balaban J connectivity index is 1.52. The largest absolute Gasteiger partial charge is 0.462 e. The van der Waals surface area contributed by atoms with Crippen molar-refractivity contribution in [2.24, 2.45) is 0 Å². The monoisotopic (exact) mass is 428 g/mol. The fraction of sp³-hybridized carbons (Fsp3) is 0.269. The third-order valence-corrected chi connectivity index (χ3v) is 5.35. The number of benzene rings is 2. The molecular weight excluding hydrogens is 400 g/mol. The molecule has 2 aromatic carbocycles. The highest BCUT2D eigenvalue weighted by atomic mass is 16.5. The van der Waals surface area contributed by atoms with Gasteiger partial charge in [-0.05, 0) is 62.1 Å². The Morgan fingerprint density at radius 1 is 1.03 bits per heavy atom. The number of esters is 1. The van der Waals surface area contributed by atoms with Crippen LogP contribution in [0.1, 0.15) is 35.0 Å². The molecule has 0 aliphatic rings. The van der Waals surface area contributed by atoms with E-state index in [4.69, 9.17) is 9.84 Å². The van der Waals surface area contributed by atoms with Crippen molar-refractivity contribution in [3.63, 3.8) is 0 Å². The number of carbonyl (C=O) groups excluding carboxylic acids is 1. The summed E-state index contributed by atoms with van der Waals surface area (Å²) in [5.41, 5.74) is 3.89. The zero-order chi connectivity index (χ0) is 22.2. The molecule has 6 nitrogen and oxygen atoms in total. The van der Waals surface area contributed by atoms with E-state index in [-0.39, 0.29) is 5.97 Å². The number of hydrogen-bond donors (Lipinski definition) is 1. The van der Waals surface area contributed by atoms with E-state index >= 15 is 0 Å². The van der Waals surface area contributed by atoms with Crippen LogP contribution in [0.15, 0.2) is 72.9 Å². The molecular formula is C26H28N4O2. The summed E-state index contributed by atoms with van der Waals surface area (Å²) < 4.78 is 7.24. The van der Waals surface area contributed by atoms with Gasteiger partial charge in [-0.15, -0.1) is 0 Å². The maximum Gasteiger partial charge on any atom is 0.338 e. The second kappa shape index (κ2) is 10.6. The Hall–Kier alpha value is -3.67. The smallest absolute Gasteiger partial charge is 0.338 e. The Morgan fingerprint density at radius 3 is 2.66 bits per heavy atom. The highest BCUT2D eigenvalue weighted by molar-refractivity contribution is 5.95. The molecule has 2 aromatic heterocycles. The summed E-state index contributed by atoms with van der Waals surface area (Å²) in [6.45, 7) is 3.76. The minimum absolute atomic E-state index is 0.296. The van der Waals surface area contributed by atoms with Crippen LogP contribution in [-0.4, -0.2) is 33.9 Å². The Bertz CT molecular complexity index is 1160. The number of aromatic nitrogens is 3. The van der Waals surface area contributed by atoms with Gasteiger partial charge in [-0.2, -0.15) is 5.10 Å². The highest BCUT2D eigenvalue weighted by Crippen LogP contribution is 2.23. The number of nitrogens with one attached hydrogen (secondary N) is 1. The minimum atomic E-state index is -0.296. The van der Waals surface area contributed by atoms with Gasteiger partial charge in [0.25, 0.3) is 0 Å². The van der Waals surface area contributed by atoms with Crippen LogP contribution in [0.4, 0.5) is 5.82 Å². The molecule has 0 saturated heterocycles. The van der Waals surface area contributed by atoms with Crippen LogP contribution < -0.4 is 5.32 Å². The molecule has 0 bridgehead atoms. The predicted molar refractivity (Wildman–Crippen MR) is 127 cm³/mol. The molecule has 4 aromatic rings. The molecule has 164 valence electrons. The first-order chi connectivity index (χ1) is 15.7. The molecule has 0 spiro atoms. The lowest BCUT2D eigenvalue weighted by molar-refractivity contribution is 0.0526. The summed E-state index contributed by atoms with van der Waals surface area (Å²) in [7, 11) is 0. The normalized spacial score (nSPS) is 10.9. The van der Waals surface area contributed by atoms with Crippen LogP contribution in [0, 0.1) is 0 Å². The van der Waals surface area contributed by atoms with E-state index in [0.29, 0.717) is 12.2 Å². The van der Waals surface area contributed by atoms with Crippen LogP contribution >= 0.6 is 0 Å². The van der Waals surface area contributed by atoms with Gasteiger partial charge in [-0.3, -0.25) is 4.68 Å². The van der Waals surface area contributed by atoms with E-state index in [1.54, 1.807) is 6.20 Å². The van der Waals surface area contributed by atoms with Crippen molar-refractivity contribution < 1.29 is 9.53 Å². The second-order valence-electron chi connectivity index (χ2n) is 7.60. The average molecular weight is 429 g/mol. The number of hydrogen-bond acceptors (Lipinski definition) is 5. The van der Waals surface area contributed by atoms with Crippen molar-refractivity contribution in [1.29, 1.82) is 0 Å². The molecule has 4 rings (SSSR count). The Labute approximate surface area is 188 Å². The lowest BCUT2D eigenvalue weighted by Crippen LogP contribution is -2.09. The van der Waals surface area contributed by atoms with Gasteiger partial charge in [0.05, 0.1) is 23.4 Å². The maximum atomic E-state index is 12.3. The Morgan fingerprint density at radius 2 is 1.88 bits per heavy atom. The van der Waals surface area contributed by atoms with Crippen LogP contribution in [-0.2, 0) is 24.1 Å². The molecule has 0 saturated carbocycles. The number of carbonyl (C=O) groups is 1. The number of ether oxygens (including phenoxy) is 1. The predicted octanol–water partition coefficient (Wildman–Crippen LogP) is 4.90. The van der Waals surface area contributed by atoms with Crippen molar-refractivity contribution >= 4 is 22.7 Å². The first-order valence-corrected chi connectivity index (χ1v) is 11.1. The quantitative estimate of drug-likeness (QED) is 0.288. The zero-order valence-corrected chi connectivity index (χ0v) is 18.3. The van der Waals surface area contributed by atoms with Gasteiger partial charge in [-0.25, -0.2) is 9.78 Å². The van der Waals surface area contributed by atoms with Gasteiger partial charge < -0.3 is 10.1 Å². The van der Waals surface area contributed by atoms with Crippen molar-refractivity contribution in [3.8, 4) is 0 Å². The number of aryl methyl sites for hydroxylation is 3. The van der Waals surface area contributed by atoms with Crippen LogP contribution in [0.25, 0.3) is 10.9 Å². The summed E-state index contributed by atoms with van der Waals surface area (Å²) in [5.74, 6) is 0.580. The van der Waals surface area contributed by atoms with Gasteiger partial charge in [0.15, 0.2) is 0 Å². The molecule has 0 unspecified atom stereocenters.